The van der Waals surface area contributed by atoms with Crippen LogP contribution in [0.1, 0.15) is 5.56 Å². The molecule has 0 heterocycles. The number of nitrogens with zero attached hydrogens (tertiary/aromatic N) is 1. The maximum absolute atomic E-state index is 9.18. The molecule has 3 heteroatoms. The van der Waals surface area contributed by atoms with Gasteiger partial charge in [0.05, 0.1) is 14.2 Å². The molecule has 0 aromatic heterocycles. The van der Waals surface area contributed by atoms with Crippen molar-refractivity contribution in [2.75, 3.05) is 14.2 Å². The Balaban J connectivity index is 2.89. The lowest BCUT2D eigenvalue weighted by Crippen LogP contribution is -1.94. The van der Waals surface area contributed by atoms with Crippen LogP contribution < -0.4 is 9.47 Å². The van der Waals surface area contributed by atoms with Crippen molar-refractivity contribution >= 4 is 10.8 Å². The Morgan fingerprint density at radius 2 is 1.88 bits per heavy atom. The number of benzene rings is 2. The molecule has 0 bridgehead atoms. The maximum atomic E-state index is 9.18. The van der Waals surface area contributed by atoms with Gasteiger partial charge in [0.25, 0.3) is 0 Å². The second-order valence-electron chi connectivity index (χ2n) is 3.32. The molecule has 0 amide bonds. The van der Waals surface area contributed by atoms with Crippen LogP contribution in [0.25, 0.3) is 10.8 Å². The van der Waals surface area contributed by atoms with Gasteiger partial charge in [0.2, 0.25) is 0 Å². The molecule has 0 N–H and O–H groups in total. The first-order chi connectivity index (χ1) is 7.81. The Morgan fingerprint density at radius 3 is 2.50 bits per heavy atom. The molecule has 0 spiro atoms. The second kappa shape index (κ2) is 4.11. The molecular weight excluding hydrogens is 202 g/mol. The normalized spacial score (nSPS) is 9.81. The Labute approximate surface area is 93.8 Å². The van der Waals surface area contributed by atoms with E-state index in [1.165, 1.54) is 7.11 Å². The first kappa shape index (κ1) is 10.3. The Morgan fingerprint density at radius 1 is 1.12 bits per heavy atom. The fraction of sp³-hybridized carbons (Fsp3) is 0.154. The van der Waals surface area contributed by atoms with E-state index in [-0.39, 0.29) is 0 Å². The van der Waals surface area contributed by atoms with Gasteiger partial charge in [-0.15, -0.1) is 0 Å². The molecule has 0 radical (unpaired) electrons. The molecule has 80 valence electrons. The molecule has 0 unspecified atom stereocenters. The van der Waals surface area contributed by atoms with E-state index in [2.05, 4.69) is 6.07 Å². The van der Waals surface area contributed by atoms with E-state index in [1.807, 2.05) is 30.3 Å². The van der Waals surface area contributed by atoms with E-state index in [0.29, 0.717) is 17.1 Å². The highest BCUT2D eigenvalue weighted by Crippen LogP contribution is 2.36. The highest BCUT2D eigenvalue weighted by atomic mass is 16.5. The van der Waals surface area contributed by atoms with Gasteiger partial charge in [0, 0.05) is 5.39 Å². The predicted octanol–water partition coefficient (Wildman–Crippen LogP) is 2.73. The zero-order valence-corrected chi connectivity index (χ0v) is 9.15. The summed E-state index contributed by atoms with van der Waals surface area (Å²) in [6, 6.07) is 11.7. The van der Waals surface area contributed by atoms with Gasteiger partial charge in [-0.25, -0.2) is 0 Å². The SMILES string of the molecule is COc1cc2ccccc2c(C#N)c1OC. The molecule has 0 aliphatic rings. The summed E-state index contributed by atoms with van der Waals surface area (Å²) in [6.07, 6.45) is 0. The molecule has 3 nitrogen and oxygen atoms in total. The van der Waals surface area contributed by atoms with Gasteiger partial charge in [0.15, 0.2) is 11.5 Å². The molecular formula is C13H11NO2. The van der Waals surface area contributed by atoms with Crippen LogP contribution in [0.2, 0.25) is 0 Å². The highest BCUT2D eigenvalue weighted by Gasteiger charge is 2.13. The van der Waals surface area contributed by atoms with Gasteiger partial charge in [-0.2, -0.15) is 5.26 Å². The van der Waals surface area contributed by atoms with Crippen LogP contribution in [-0.2, 0) is 0 Å². The summed E-state index contributed by atoms with van der Waals surface area (Å²) in [4.78, 5) is 0. The van der Waals surface area contributed by atoms with Crippen molar-refractivity contribution in [2.45, 2.75) is 0 Å². The van der Waals surface area contributed by atoms with Crippen molar-refractivity contribution in [2.24, 2.45) is 0 Å². The number of ether oxygens (including phenoxy) is 2. The zero-order valence-electron chi connectivity index (χ0n) is 9.15. The van der Waals surface area contributed by atoms with E-state index in [0.717, 1.165) is 10.8 Å². The van der Waals surface area contributed by atoms with Crippen LogP contribution in [0.5, 0.6) is 11.5 Å². The lowest BCUT2D eigenvalue weighted by Gasteiger charge is -2.11. The summed E-state index contributed by atoms with van der Waals surface area (Å²) in [5.74, 6) is 1.07. The van der Waals surface area contributed by atoms with Gasteiger partial charge in [-0.1, -0.05) is 24.3 Å². The lowest BCUT2D eigenvalue weighted by atomic mass is 10.0. The summed E-state index contributed by atoms with van der Waals surface area (Å²) >= 11 is 0. The average Bonchev–Trinajstić information content (AvgIpc) is 2.36. The molecule has 2 rings (SSSR count). The van der Waals surface area contributed by atoms with E-state index in [9.17, 15) is 5.26 Å². The van der Waals surface area contributed by atoms with Gasteiger partial charge in [-0.3, -0.25) is 0 Å². The van der Waals surface area contributed by atoms with Gasteiger partial charge < -0.3 is 9.47 Å². The van der Waals surface area contributed by atoms with Gasteiger partial charge >= 0.3 is 0 Å². The summed E-state index contributed by atoms with van der Waals surface area (Å²) in [5.41, 5.74) is 0.512. The molecule has 2 aromatic carbocycles. The number of hydrogen-bond donors (Lipinski definition) is 0. The first-order valence-corrected chi connectivity index (χ1v) is 4.85. The van der Waals surface area contributed by atoms with Crippen LogP contribution >= 0.6 is 0 Å². The van der Waals surface area contributed by atoms with Crippen molar-refractivity contribution in [3.8, 4) is 17.6 Å². The molecule has 0 fully saturated rings. The van der Waals surface area contributed by atoms with Crippen molar-refractivity contribution in [3.05, 3.63) is 35.9 Å². The van der Waals surface area contributed by atoms with Crippen molar-refractivity contribution in [1.29, 1.82) is 5.26 Å². The van der Waals surface area contributed by atoms with E-state index in [1.54, 1.807) is 7.11 Å². The zero-order chi connectivity index (χ0) is 11.5. The fourth-order valence-electron chi connectivity index (χ4n) is 1.77. The van der Waals surface area contributed by atoms with Crippen LogP contribution in [0.4, 0.5) is 0 Å². The Hall–Kier alpha value is -2.21. The summed E-state index contributed by atoms with van der Waals surface area (Å²) < 4.78 is 10.4. The summed E-state index contributed by atoms with van der Waals surface area (Å²) in [6.45, 7) is 0. The van der Waals surface area contributed by atoms with Gasteiger partial charge in [0.1, 0.15) is 11.6 Å². The quantitative estimate of drug-likeness (QED) is 0.770. The number of fused-ring (bicyclic) bond motifs is 1. The van der Waals surface area contributed by atoms with Crippen molar-refractivity contribution in [3.63, 3.8) is 0 Å². The molecule has 0 saturated carbocycles. The number of methoxy groups -OCH3 is 2. The fourth-order valence-corrected chi connectivity index (χ4v) is 1.77. The summed E-state index contributed by atoms with van der Waals surface area (Å²) in [7, 11) is 3.10. The lowest BCUT2D eigenvalue weighted by molar-refractivity contribution is 0.355. The average molecular weight is 213 g/mol. The maximum Gasteiger partial charge on any atom is 0.179 e. The minimum atomic E-state index is 0.490. The summed E-state index contributed by atoms with van der Waals surface area (Å²) in [5, 5.41) is 11.0. The molecule has 0 aliphatic carbocycles. The standard InChI is InChI=1S/C13H11NO2/c1-15-12-7-9-5-3-4-6-10(9)11(8-14)13(12)16-2/h3-7H,1-2H3. The molecule has 0 saturated heterocycles. The first-order valence-electron chi connectivity index (χ1n) is 4.85. The van der Waals surface area contributed by atoms with Crippen LogP contribution in [0.15, 0.2) is 30.3 Å². The molecule has 0 atom stereocenters. The minimum Gasteiger partial charge on any atom is -0.493 e. The van der Waals surface area contributed by atoms with Crippen molar-refractivity contribution < 1.29 is 9.47 Å². The predicted molar refractivity (Wildman–Crippen MR) is 61.8 cm³/mol. The highest BCUT2D eigenvalue weighted by molar-refractivity contribution is 5.92. The third-order valence-electron chi connectivity index (χ3n) is 2.50. The number of hydrogen-bond acceptors (Lipinski definition) is 3. The second-order valence-corrected chi connectivity index (χ2v) is 3.32. The van der Waals surface area contributed by atoms with E-state index >= 15 is 0 Å². The van der Waals surface area contributed by atoms with Crippen LogP contribution in [0, 0.1) is 11.3 Å². The Bertz CT molecular complexity index is 570. The van der Waals surface area contributed by atoms with Crippen LogP contribution in [-0.4, -0.2) is 14.2 Å². The molecule has 16 heavy (non-hydrogen) atoms. The number of rotatable bonds is 2. The van der Waals surface area contributed by atoms with Crippen molar-refractivity contribution in [1.82, 2.24) is 0 Å². The van der Waals surface area contributed by atoms with E-state index in [4.69, 9.17) is 9.47 Å². The third-order valence-corrected chi connectivity index (χ3v) is 2.50. The van der Waals surface area contributed by atoms with E-state index < -0.39 is 0 Å². The minimum absolute atomic E-state index is 0.490. The molecule has 0 aliphatic heterocycles. The third kappa shape index (κ3) is 1.45. The Kier molecular flexibility index (Phi) is 2.65. The largest absolute Gasteiger partial charge is 0.493 e. The molecule has 2 aromatic rings. The van der Waals surface area contributed by atoms with Gasteiger partial charge in [-0.05, 0) is 11.5 Å². The smallest absolute Gasteiger partial charge is 0.179 e. The topological polar surface area (TPSA) is 42.2 Å². The number of nitriles is 1. The monoisotopic (exact) mass is 213 g/mol. The van der Waals surface area contributed by atoms with Crippen LogP contribution in [0.3, 0.4) is 0 Å².